The van der Waals surface area contributed by atoms with Crippen molar-refractivity contribution in [3.05, 3.63) is 0 Å². The van der Waals surface area contributed by atoms with Gasteiger partial charge in [-0.3, -0.25) is 9.59 Å². The minimum absolute atomic E-state index is 0.0889. The van der Waals surface area contributed by atoms with Gasteiger partial charge in [-0.2, -0.15) is 0 Å². The second-order valence-corrected chi connectivity index (χ2v) is 5.14. The van der Waals surface area contributed by atoms with Gasteiger partial charge < -0.3 is 25.4 Å². The highest BCUT2D eigenvalue weighted by molar-refractivity contribution is 5.87. The van der Waals surface area contributed by atoms with Crippen molar-refractivity contribution in [1.29, 1.82) is 0 Å². The molecule has 0 aromatic carbocycles. The Kier molecular flexibility index (Phi) is 4.12. The Balaban J connectivity index is 2.10. The number of ether oxygens (including phenoxy) is 1. The van der Waals surface area contributed by atoms with E-state index in [1.54, 1.807) is 6.92 Å². The Morgan fingerprint density at radius 3 is 2.50 bits per heavy atom. The smallest absolute Gasteiger partial charge is 0.321 e. The number of carbonyl (C=O) groups is 3. The number of amides is 3. The Morgan fingerprint density at radius 2 is 1.95 bits per heavy atom. The molecule has 3 N–H and O–H groups in total. The number of nitrogens with two attached hydrogens (primary N) is 1. The molecule has 112 valence electrons. The third-order valence-corrected chi connectivity index (χ3v) is 4.02. The summed E-state index contributed by atoms with van der Waals surface area (Å²) in [7, 11) is 0. The molecule has 8 nitrogen and oxygen atoms in total. The lowest BCUT2D eigenvalue weighted by molar-refractivity contribution is -0.142. The van der Waals surface area contributed by atoms with Crippen LogP contribution in [0.3, 0.4) is 0 Å². The lowest BCUT2D eigenvalue weighted by Crippen LogP contribution is -2.58. The largest absolute Gasteiger partial charge is 0.481 e. The van der Waals surface area contributed by atoms with E-state index in [2.05, 4.69) is 0 Å². The van der Waals surface area contributed by atoms with E-state index in [1.165, 1.54) is 9.80 Å². The highest BCUT2D eigenvalue weighted by Gasteiger charge is 2.42. The number of hydrogen-bond acceptors (Lipinski definition) is 4. The van der Waals surface area contributed by atoms with Crippen LogP contribution in [0, 0.1) is 5.92 Å². The highest BCUT2D eigenvalue weighted by atomic mass is 16.5. The van der Waals surface area contributed by atoms with E-state index in [0.717, 1.165) is 0 Å². The van der Waals surface area contributed by atoms with Gasteiger partial charge >= 0.3 is 12.0 Å². The second kappa shape index (κ2) is 5.66. The number of rotatable bonds is 2. The molecule has 0 aromatic heterocycles. The molecule has 20 heavy (non-hydrogen) atoms. The van der Waals surface area contributed by atoms with Crippen molar-refractivity contribution < 1.29 is 24.2 Å². The van der Waals surface area contributed by atoms with E-state index in [0.29, 0.717) is 19.6 Å². The van der Waals surface area contributed by atoms with Crippen LogP contribution in [0.2, 0.25) is 0 Å². The summed E-state index contributed by atoms with van der Waals surface area (Å²) in [6.45, 7) is 2.81. The van der Waals surface area contributed by atoms with Crippen molar-refractivity contribution in [1.82, 2.24) is 9.80 Å². The summed E-state index contributed by atoms with van der Waals surface area (Å²) in [4.78, 5) is 37.8. The van der Waals surface area contributed by atoms with Gasteiger partial charge in [-0.15, -0.1) is 0 Å². The summed E-state index contributed by atoms with van der Waals surface area (Å²) in [5.74, 6) is -2.08. The van der Waals surface area contributed by atoms with Crippen molar-refractivity contribution in [2.75, 3.05) is 26.3 Å². The number of hydrogen-bond donors (Lipinski definition) is 2. The molecule has 2 saturated heterocycles. The van der Waals surface area contributed by atoms with Crippen molar-refractivity contribution >= 4 is 17.9 Å². The SMILES string of the molecule is CC1C(C(=O)O)CCN1C(=O)N1CCOCC1C(N)=O. The minimum atomic E-state index is -0.902. The third kappa shape index (κ3) is 2.55. The molecule has 0 aromatic rings. The van der Waals surface area contributed by atoms with Gasteiger partial charge in [0.05, 0.1) is 19.1 Å². The molecule has 2 aliphatic heterocycles. The van der Waals surface area contributed by atoms with Crippen LogP contribution in [-0.2, 0) is 14.3 Å². The number of likely N-dealkylation sites (tertiary alicyclic amines) is 1. The van der Waals surface area contributed by atoms with Gasteiger partial charge in [0, 0.05) is 19.1 Å². The molecular formula is C12H19N3O5. The first kappa shape index (κ1) is 14.6. The van der Waals surface area contributed by atoms with E-state index in [9.17, 15) is 14.4 Å². The maximum absolute atomic E-state index is 12.5. The van der Waals surface area contributed by atoms with E-state index < -0.39 is 29.9 Å². The molecule has 0 saturated carbocycles. The average Bonchev–Trinajstić information content (AvgIpc) is 2.79. The molecule has 0 bridgehead atoms. The maximum Gasteiger partial charge on any atom is 0.321 e. The summed E-state index contributed by atoms with van der Waals surface area (Å²) in [5.41, 5.74) is 5.28. The summed E-state index contributed by atoms with van der Waals surface area (Å²) < 4.78 is 5.17. The van der Waals surface area contributed by atoms with Gasteiger partial charge in [-0.05, 0) is 13.3 Å². The molecule has 0 aliphatic carbocycles. The molecule has 3 amide bonds. The van der Waals surface area contributed by atoms with E-state index in [1.807, 2.05) is 0 Å². The third-order valence-electron chi connectivity index (χ3n) is 4.02. The number of carbonyl (C=O) groups excluding carboxylic acids is 2. The summed E-state index contributed by atoms with van der Waals surface area (Å²) in [5, 5.41) is 9.09. The van der Waals surface area contributed by atoms with Gasteiger partial charge in [0.15, 0.2) is 0 Å². The van der Waals surface area contributed by atoms with Gasteiger partial charge in [0.1, 0.15) is 6.04 Å². The molecule has 2 rings (SSSR count). The number of carboxylic acid groups (broad SMARTS) is 1. The van der Waals surface area contributed by atoms with Gasteiger partial charge in [0.2, 0.25) is 5.91 Å². The fourth-order valence-electron chi connectivity index (χ4n) is 2.77. The predicted molar refractivity (Wildman–Crippen MR) is 67.8 cm³/mol. The van der Waals surface area contributed by atoms with Crippen LogP contribution < -0.4 is 5.73 Å². The van der Waals surface area contributed by atoms with Gasteiger partial charge in [-0.1, -0.05) is 0 Å². The lowest BCUT2D eigenvalue weighted by Gasteiger charge is -2.37. The number of primary amides is 1. The number of aliphatic carboxylic acids is 1. The van der Waals surface area contributed by atoms with Crippen molar-refractivity contribution in [3.8, 4) is 0 Å². The van der Waals surface area contributed by atoms with Crippen LogP contribution in [0.5, 0.6) is 0 Å². The van der Waals surface area contributed by atoms with Gasteiger partial charge in [0.25, 0.3) is 0 Å². The van der Waals surface area contributed by atoms with E-state index in [-0.39, 0.29) is 19.2 Å². The van der Waals surface area contributed by atoms with Crippen molar-refractivity contribution in [2.45, 2.75) is 25.4 Å². The molecule has 2 fully saturated rings. The molecular weight excluding hydrogens is 266 g/mol. The quantitative estimate of drug-likeness (QED) is 0.681. The molecule has 0 radical (unpaired) electrons. The van der Waals surface area contributed by atoms with Crippen molar-refractivity contribution in [2.24, 2.45) is 11.7 Å². The first-order valence-corrected chi connectivity index (χ1v) is 6.60. The topological polar surface area (TPSA) is 113 Å². The molecule has 0 spiro atoms. The fourth-order valence-corrected chi connectivity index (χ4v) is 2.77. The normalized spacial score (nSPS) is 30.4. The van der Waals surface area contributed by atoms with Crippen LogP contribution in [0.15, 0.2) is 0 Å². The predicted octanol–water partition coefficient (Wildman–Crippen LogP) is -0.912. The van der Waals surface area contributed by atoms with Crippen molar-refractivity contribution in [3.63, 3.8) is 0 Å². The summed E-state index contributed by atoms with van der Waals surface area (Å²) >= 11 is 0. The Labute approximate surface area is 116 Å². The number of urea groups is 1. The zero-order valence-corrected chi connectivity index (χ0v) is 11.3. The molecule has 3 atom stereocenters. The number of morpholine rings is 1. The molecule has 3 unspecified atom stereocenters. The Morgan fingerprint density at radius 1 is 1.25 bits per heavy atom. The highest BCUT2D eigenvalue weighted by Crippen LogP contribution is 2.26. The molecule has 2 aliphatic rings. The standard InChI is InChI=1S/C12H19N3O5/c1-7-8(11(17)18)2-3-14(7)12(19)15-4-5-20-6-9(15)10(13)16/h7-9H,2-6H2,1H3,(H2,13,16)(H,17,18). The first-order valence-electron chi connectivity index (χ1n) is 6.60. The Bertz CT molecular complexity index is 427. The lowest BCUT2D eigenvalue weighted by atomic mass is 10.0. The summed E-state index contributed by atoms with van der Waals surface area (Å²) in [6, 6.07) is -1.52. The molecule has 8 heteroatoms. The van der Waals surface area contributed by atoms with Crippen LogP contribution in [-0.4, -0.2) is 71.2 Å². The monoisotopic (exact) mass is 285 g/mol. The number of nitrogens with zero attached hydrogens (tertiary/aromatic N) is 2. The zero-order chi connectivity index (χ0) is 14.9. The Hall–Kier alpha value is -1.83. The number of carboxylic acids is 1. The minimum Gasteiger partial charge on any atom is -0.481 e. The zero-order valence-electron chi connectivity index (χ0n) is 11.3. The average molecular weight is 285 g/mol. The van der Waals surface area contributed by atoms with Crippen LogP contribution in [0.4, 0.5) is 4.79 Å². The van der Waals surface area contributed by atoms with Gasteiger partial charge in [-0.25, -0.2) is 4.79 Å². The molecule has 2 heterocycles. The second-order valence-electron chi connectivity index (χ2n) is 5.14. The van der Waals surface area contributed by atoms with Crippen LogP contribution >= 0.6 is 0 Å². The van der Waals surface area contributed by atoms with E-state index in [4.69, 9.17) is 15.6 Å². The van der Waals surface area contributed by atoms with E-state index >= 15 is 0 Å². The first-order chi connectivity index (χ1) is 9.43. The fraction of sp³-hybridized carbons (Fsp3) is 0.750. The summed E-state index contributed by atoms with van der Waals surface area (Å²) in [6.07, 6.45) is 0.424. The maximum atomic E-state index is 12.5. The van der Waals surface area contributed by atoms with Crippen LogP contribution in [0.25, 0.3) is 0 Å². The van der Waals surface area contributed by atoms with Crippen LogP contribution in [0.1, 0.15) is 13.3 Å².